The fourth-order valence-electron chi connectivity index (χ4n) is 1.35. The first-order chi connectivity index (χ1) is 7.15. The average Bonchev–Trinajstić information content (AvgIpc) is 2.21. The molecule has 1 aromatic rings. The lowest BCUT2D eigenvalue weighted by molar-refractivity contribution is 0.653. The molecule has 0 amide bonds. The number of aromatic nitrogens is 2. The summed E-state index contributed by atoms with van der Waals surface area (Å²) < 4.78 is 0. The van der Waals surface area contributed by atoms with Gasteiger partial charge in [0.25, 0.3) is 0 Å². The number of aryl methyl sites for hydroxylation is 1. The molecular weight excluding hydrogens is 254 g/mol. The molecule has 1 rings (SSSR count). The summed E-state index contributed by atoms with van der Waals surface area (Å²) in [5.41, 5.74) is 1.10. The van der Waals surface area contributed by atoms with Gasteiger partial charge < -0.3 is 4.90 Å². The van der Waals surface area contributed by atoms with Crippen LogP contribution in [-0.2, 0) is 0 Å². The Bertz CT molecular complexity index is 284. The summed E-state index contributed by atoms with van der Waals surface area (Å²) in [6.07, 6.45) is 4.84. The molecule has 0 aromatic carbocycles. The Balaban J connectivity index is 2.74. The van der Waals surface area contributed by atoms with E-state index in [9.17, 15) is 0 Å². The molecule has 1 aromatic heterocycles. The van der Waals surface area contributed by atoms with Gasteiger partial charge in [-0.3, -0.25) is 0 Å². The molecule has 0 aliphatic rings. The van der Waals surface area contributed by atoms with Gasteiger partial charge in [-0.05, 0) is 32.8 Å². The lowest BCUT2D eigenvalue weighted by Gasteiger charge is -2.26. The van der Waals surface area contributed by atoms with Crippen molar-refractivity contribution in [2.45, 2.75) is 33.2 Å². The zero-order chi connectivity index (χ0) is 11.3. The van der Waals surface area contributed by atoms with Crippen molar-refractivity contribution in [2.75, 3.05) is 16.8 Å². The Morgan fingerprint density at radius 1 is 1.33 bits per heavy atom. The Morgan fingerprint density at radius 3 is 2.40 bits per heavy atom. The maximum absolute atomic E-state index is 4.35. The SMILES string of the molecule is Cc1cnc(N(CCCBr)C(C)C)nc1. The number of nitrogens with zero attached hydrogens (tertiary/aromatic N) is 3. The van der Waals surface area contributed by atoms with Gasteiger partial charge >= 0.3 is 0 Å². The quantitative estimate of drug-likeness (QED) is 0.772. The van der Waals surface area contributed by atoms with Crippen molar-refractivity contribution in [3.05, 3.63) is 18.0 Å². The Kier molecular flexibility index (Phi) is 5.02. The van der Waals surface area contributed by atoms with E-state index >= 15 is 0 Å². The molecule has 0 atom stereocenters. The zero-order valence-corrected chi connectivity index (χ0v) is 11.2. The van der Waals surface area contributed by atoms with Gasteiger partial charge in [0.1, 0.15) is 0 Å². The molecule has 4 heteroatoms. The first kappa shape index (κ1) is 12.4. The van der Waals surface area contributed by atoms with Crippen LogP contribution in [0.1, 0.15) is 25.8 Å². The van der Waals surface area contributed by atoms with Crippen molar-refractivity contribution in [1.29, 1.82) is 0 Å². The molecule has 0 saturated heterocycles. The summed E-state index contributed by atoms with van der Waals surface area (Å²) in [5, 5.41) is 1.02. The lowest BCUT2D eigenvalue weighted by atomic mass is 10.3. The van der Waals surface area contributed by atoms with Crippen molar-refractivity contribution in [1.82, 2.24) is 9.97 Å². The zero-order valence-electron chi connectivity index (χ0n) is 9.57. The topological polar surface area (TPSA) is 29.0 Å². The highest BCUT2D eigenvalue weighted by Gasteiger charge is 2.11. The van der Waals surface area contributed by atoms with E-state index in [4.69, 9.17) is 0 Å². The number of halogens is 1. The van der Waals surface area contributed by atoms with Gasteiger partial charge in [-0.15, -0.1) is 0 Å². The van der Waals surface area contributed by atoms with Gasteiger partial charge in [0, 0.05) is 30.3 Å². The van der Waals surface area contributed by atoms with E-state index in [0.717, 1.165) is 29.8 Å². The van der Waals surface area contributed by atoms with Crippen molar-refractivity contribution in [3.8, 4) is 0 Å². The van der Waals surface area contributed by atoms with Crippen LogP contribution < -0.4 is 4.90 Å². The van der Waals surface area contributed by atoms with Crippen molar-refractivity contribution >= 4 is 21.9 Å². The summed E-state index contributed by atoms with van der Waals surface area (Å²) in [6, 6.07) is 0.437. The van der Waals surface area contributed by atoms with E-state index in [1.807, 2.05) is 19.3 Å². The Labute approximate surface area is 100 Å². The van der Waals surface area contributed by atoms with Crippen LogP contribution in [0.3, 0.4) is 0 Å². The van der Waals surface area contributed by atoms with Gasteiger partial charge in [-0.25, -0.2) is 9.97 Å². The molecule has 0 spiro atoms. The normalized spacial score (nSPS) is 10.7. The monoisotopic (exact) mass is 271 g/mol. The molecule has 0 fully saturated rings. The van der Waals surface area contributed by atoms with Crippen LogP contribution in [0.4, 0.5) is 5.95 Å². The van der Waals surface area contributed by atoms with Crippen molar-refractivity contribution in [2.24, 2.45) is 0 Å². The van der Waals surface area contributed by atoms with E-state index in [1.54, 1.807) is 0 Å². The average molecular weight is 272 g/mol. The highest BCUT2D eigenvalue weighted by molar-refractivity contribution is 9.09. The van der Waals surface area contributed by atoms with Crippen molar-refractivity contribution < 1.29 is 0 Å². The minimum absolute atomic E-state index is 0.437. The largest absolute Gasteiger partial charge is 0.338 e. The smallest absolute Gasteiger partial charge is 0.225 e. The summed E-state index contributed by atoms with van der Waals surface area (Å²) in [5.74, 6) is 0.830. The third-order valence-electron chi connectivity index (χ3n) is 2.18. The standard InChI is InChI=1S/C11H18BrN3/c1-9(2)15(6-4-5-12)11-13-7-10(3)8-14-11/h7-9H,4-6H2,1-3H3. The van der Waals surface area contributed by atoms with Crippen LogP contribution in [-0.4, -0.2) is 27.9 Å². The fourth-order valence-corrected chi connectivity index (χ4v) is 1.60. The van der Waals surface area contributed by atoms with Crippen LogP contribution in [0.25, 0.3) is 0 Å². The lowest BCUT2D eigenvalue weighted by Crippen LogP contribution is -2.33. The molecule has 0 aliphatic heterocycles. The Morgan fingerprint density at radius 2 is 1.93 bits per heavy atom. The van der Waals surface area contributed by atoms with Gasteiger partial charge in [0.15, 0.2) is 0 Å². The predicted octanol–water partition coefficient (Wildman–Crippen LogP) is 2.78. The second-order valence-corrected chi connectivity index (χ2v) is 4.68. The first-order valence-corrected chi connectivity index (χ1v) is 6.38. The minimum atomic E-state index is 0.437. The maximum Gasteiger partial charge on any atom is 0.225 e. The maximum atomic E-state index is 4.35. The molecular formula is C11H18BrN3. The molecule has 0 unspecified atom stereocenters. The molecule has 1 heterocycles. The summed E-state index contributed by atoms with van der Waals surface area (Å²) in [6.45, 7) is 7.32. The van der Waals surface area contributed by atoms with Gasteiger partial charge in [-0.1, -0.05) is 15.9 Å². The number of anilines is 1. The van der Waals surface area contributed by atoms with Gasteiger partial charge in [0.2, 0.25) is 5.95 Å². The second-order valence-electron chi connectivity index (χ2n) is 3.89. The van der Waals surface area contributed by atoms with Gasteiger partial charge in [0.05, 0.1) is 0 Å². The summed E-state index contributed by atoms with van der Waals surface area (Å²) in [7, 11) is 0. The molecule has 0 N–H and O–H groups in total. The van der Waals surface area contributed by atoms with Crippen LogP contribution in [0.5, 0.6) is 0 Å². The number of alkyl halides is 1. The molecule has 84 valence electrons. The molecule has 3 nitrogen and oxygen atoms in total. The van der Waals surface area contributed by atoms with E-state index in [2.05, 4.69) is 44.6 Å². The third kappa shape index (κ3) is 3.78. The van der Waals surface area contributed by atoms with E-state index in [0.29, 0.717) is 6.04 Å². The second kappa shape index (κ2) is 6.05. The van der Waals surface area contributed by atoms with Crippen LogP contribution in [0.2, 0.25) is 0 Å². The summed E-state index contributed by atoms with van der Waals surface area (Å²) >= 11 is 3.44. The molecule has 0 bridgehead atoms. The van der Waals surface area contributed by atoms with Crippen LogP contribution in [0, 0.1) is 6.92 Å². The fraction of sp³-hybridized carbons (Fsp3) is 0.636. The predicted molar refractivity (Wildman–Crippen MR) is 67.7 cm³/mol. The number of hydrogen-bond acceptors (Lipinski definition) is 3. The number of rotatable bonds is 5. The molecule has 15 heavy (non-hydrogen) atoms. The summed E-state index contributed by atoms with van der Waals surface area (Å²) in [4.78, 5) is 10.9. The van der Waals surface area contributed by atoms with Crippen LogP contribution >= 0.6 is 15.9 Å². The Hall–Kier alpha value is -0.640. The highest BCUT2D eigenvalue weighted by Crippen LogP contribution is 2.11. The van der Waals surface area contributed by atoms with E-state index in [-0.39, 0.29) is 0 Å². The molecule has 0 aliphatic carbocycles. The van der Waals surface area contributed by atoms with Crippen LogP contribution in [0.15, 0.2) is 12.4 Å². The van der Waals surface area contributed by atoms with E-state index in [1.165, 1.54) is 0 Å². The molecule has 0 radical (unpaired) electrons. The minimum Gasteiger partial charge on any atom is -0.338 e. The first-order valence-electron chi connectivity index (χ1n) is 5.26. The number of hydrogen-bond donors (Lipinski definition) is 0. The molecule has 0 saturated carbocycles. The van der Waals surface area contributed by atoms with E-state index < -0.39 is 0 Å². The van der Waals surface area contributed by atoms with Crippen molar-refractivity contribution in [3.63, 3.8) is 0 Å². The van der Waals surface area contributed by atoms with Gasteiger partial charge in [-0.2, -0.15) is 0 Å². The highest BCUT2D eigenvalue weighted by atomic mass is 79.9. The third-order valence-corrected chi connectivity index (χ3v) is 2.74.